The number of benzene rings is 1. The molecule has 3 nitrogen and oxygen atoms in total. The number of nitrogens with two attached hydrogens (primary N) is 1. The van der Waals surface area contributed by atoms with Gasteiger partial charge in [0.05, 0.1) is 18.5 Å². The van der Waals surface area contributed by atoms with Crippen molar-refractivity contribution in [2.24, 2.45) is 5.73 Å². The van der Waals surface area contributed by atoms with E-state index in [1.54, 1.807) is 12.3 Å². The number of furan rings is 1. The summed E-state index contributed by atoms with van der Waals surface area (Å²) in [6, 6.07) is 8.70. The van der Waals surface area contributed by atoms with Gasteiger partial charge in [0.25, 0.3) is 0 Å². The van der Waals surface area contributed by atoms with E-state index < -0.39 is 0 Å². The van der Waals surface area contributed by atoms with Crippen LogP contribution in [0.1, 0.15) is 18.2 Å². The van der Waals surface area contributed by atoms with Crippen molar-refractivity contribution >= 4 is 5.69 Å². The summed E-state index contributed by atoms with van der Waals surface area (Å²) in [5.74, 6) is 0.564. The molecule has 0 aliphatic rings. The van der Waals surface area contributed by atoms with E-state index in [2.05, 4.69) is 0 Å². The van der Waals surface area contributed by atoms with Gasteiger partial charge in [-0.05, 0) is 30.7 Å². The first kappa shape index (κ1) is 12.6. The molecule has 2 aromatic rings. The molecule has 4 heteroatoms. The minimum absolute atomic E-state index is 0.244. The topological polar surface area (TPSA) is 42.4 Å². The molecule has 0 aliphatic carbocycles. The Morgan fingerprint density at radius 3 is 2.72 bits per heavy atom. The Morgan fingerprint density at radius 1 is 1.28 bits per heavy atom. The van der Waals surface area contributed by atoms with Crippen molar-refractivity contribution in [3.05, 3.63) is 53.7 Å². The lowest BCUT2D eigenvalue weighted by molar-refractivity contribution is 0.501. The van der Waals surface area contributed by atoms with Crippen LogP contribution in [0.2, 0.25) is 0 Å². The number of nitrogens with zero attached hydrogens (tertiary/aromatic N) is 1. The largest absolute Gasteiger partial charge is 0.467 e. The van der Waals surface area contributed by atoms with E-state index in [1.807, 2.05) is 30.0 Å². The van der Waals surface area contributed by atoms with E-state index in [0.29, 0.717) is 25.3 Å². The molecule has 0 amide bonds. The van der Waals surface area contributed by atoms with Crippen molar-refractivity contribution in [2.45, 2.75) is 20.0 Å². The Morgan fingerprint density at radius 2 is 2.11 bits per heavy atom. The van der Waals surface area contributed by atoms with Gasteiger partial charge in [0.2, 0.25) is 0 Å². The lowest BCUT2D eigenvalue weighted by Gasteiger charge is -2.25. The molecule has 0 spiro atoms. The van der Waals surface area contributed by atoms with Crippen LogP contribution in [0.4, 0.5) is 10.1 Å². The quantitative estimate of drug-likeness (QED) is 0.884. The molecular weight excluding hydrogens is 231 g/mol. The van der Waals surface area contributed by atoms with Gasteiger partial charge in [0, 0.05) is 13.1 Å². The molecule has 0 atom stereocenters. The highest BCUT2D eigenvalue weighted by molar-refractivity contribution is 5.54. The minimum Gasteiger partial charge on any atom is -0.467 e. The fourth-order valence-corrected chi connectivity index (χ4v) is 2.02. The normalized spacial score (nSPS) is 10.6. The molecule has 1 aromatic carbocycles. The number of anilines is 1. The summed E-state index contributed by atoms with van der Waals surface area (Å²) in [5.41, 5.74) is 7.05. The maximum absolute atomic E-state index is 14.0. The first-order valence-electron chi connectivity index (χ1n) is 6.01. The molecule has 2 rings (SSSR count). The maximum atomic E-state index is 14.0. The standard InChI is InChI=1S/C14H17FN2O/c1-2-17(10-12-6-4-8-18-12)14-11(9-16)5-3-7-13(14)15/h3-8H,2,9-10,16H2,1H3. The number of hydrogen-bond acceptors (Lipinski definition) is 3. The molecular formula is C14H17FN2O. The molecule has 96 valence electrons. The Balaban J connectivity index is 2.32. The average Bonchev–Trinajstić information content (AvgIpc) is 2.89. The fourth-order valence-electron chi connectivity index (χ4n) is 2.02. The molecule has 2 N–H and O–H groups in total. The van der Waals surface area contributed by atoms with Crippen LogP contribution in [0.3, 0.4) is 0 Å². The van der Waals surface area contributed by atoms with Gasteiger partial charge in [0.15, 0.2) is 0 Å². The van der Waals surface area contributed by atoms with Gasteiger partial charge >= 0.3 is 0 Å². The zero-order chi connectivity index (χ0) is 13.0. The molecule has 0 unspecified atom stereocenters. The van der Waals surface area contributed by atoms with Crippen molar-refractivity contribution in [1.82, 2.24) is 0 Å². The van der Waals surface area contributed by atoms with E-state index in [0.717, 1.165) is 11.3 Å². The monoisotopic (exact) mass is 248 g/mol. The SMILES string of the molecule is CCN(Cc1ccco1)c1c(F)cccc1CN. The predicted octanol–water partition coefficient (Wildman–Crippen LogP) is 2.90. The summed E-state index contributed by atoms with van der Waals surface area (Å²) in [6.45, 7) is 3.53. The van der Waals surface area contributed by atoms with Gasteiger partial charge in [-0.2, -0.15) is 0 Å². The molecule has 1 aromatic heterocycles. The van der Waals surface area contributed by atoms with E-state index in [-0.39, 0.29) is 5.82 Å². The predicted molar refractivity (Wildman–Crippen MR) is 69.7 cm³/mol. The fraction of sp³-hybridized carbons (Fsp3) is 0.286. The summed E-state index contributed by atoms with van der Waals surface area (Å²) in [5, 5.41) is 0. The number of hydrogen-bond donors (Lipinski definition) is 1. The van der Waals surface area contributed by atoms with Gasteiger partial charge in [-0.25, -0.2) is 4.39 Å². The summed E-state index contributed by atoms with van der Waals surface area (Å²) in [4.78, 5) is 1.93. The second-order valence-electron chi connectivity index (χ2n) is 4.05. The summed E-state index contributed by atoms with van der Waals surface area (Å²) >= 11 is 0. The Kier molecular flexibility index (Phi) is 3.99. The highest BCUT2D eigenvalue weighted by Gasteiger charge is 2.15. The second-order valence-corrected chi connectivity index (χ2v) is 4.05. The lowest BCUT2D eigenvalue weighted by Crippen LogP contribution is -2.24. The maximum Gasteiger partial charge on any atom is 0.146 e. The Hall–Kier alpha value is -1.81. The van der Waals surface area contributed by atoms with Crippen LogP contribution in [0.15, 0.2) is 41.0 Å². The van der Waals surface area contributed by atoms with Crippen molar-refractivity contribution in [3.8, 4) is 0 Å². The van der Waals surface area contributed by atoms with E-state index in [4.69, 9.17) is 10.2 Å². The molecule has 0 saturated heterocycles. The van der Waals surface area contributed by atoms with Crippen LogP contribution in [0.25, 0.3) is 0 Å². The third-order valence-electron chi connectivity index (χ3n) is 2.92. The molecule has 0 aliphatic heterocycles. The van der Waals surface area contributed by atoms with Gasteiger partial charge in [0.1, 0.15) is 11.6 Å². The van der Waals surface area contributed by atoms with Crippen LogP contribution in [0, 0.1) is 5.82 Å². The Labute approximate surface area is 106 Å². The van der Waals surface area contributed by atoms with Gasteiger partial charge in [-0.1, -0.05) is 12.1 Å². The first-order chi connectivity index (χ1) is 8.76. The molecule has 0 bridgehead atoms. The zero-order valence-corrected chi connectivity index (χ0v) is 10.4. The second kappa shape index (κ2) is 5.69. The third kappa shape index (κ3) is 2.54. The van der Waals surface area contributed by atoms with E-state index >= 15 is 0 Å². The highest BCUT2D eigenvalue weighted by atomic mass is 19.1. The number of rotatable bonds is 5. The number of halogens is 1. The van der Waals surface area contributed by atoms with E-state index in [9.17, 15) is 4.39 Å². The molecule has 0 saturated carbocycles. The van der Waals surface area contributed by atoms with Gasteiger partial charge in [-0.3, -0.25) is 0 Å². The summed E-state index contributed by atoms with van der Waals surface area (Å²) < 4.78 is 19.3. The first-order valence-corrected chi connectivity index (χ1v) is 6.01. The zero-order valence-electron chi connectivity index (χ0n) is 10.4. The minimum atomic E-state index is -0.244. The van der Waals surface area contributed by atoms with E-state index in [1.165, 1.54) is 6.07 Å². The molecule has 0 fully saturated rings. The van der Waals surface area contributed by atoms with Crippen molar-refractivity contribution < 1.29 is 8.81 Å². The van der Waals surface area contributed by atoms with Crippen molar-refractivity contribution in [3.63, 3.8) is 0 Å². The number of para-hydroxylation sites is 1. The molecule has 18 heavy (non-hydrogen) atoms. The average molecular weight is 248 g/mol. The van der Waals surface area contributed by atoms with Crippen LogP contribution in [-0.4, -0.2) is 6.54 Å². The van der Waals surface area contributed by atoms with Crippen LogP contribution in [-0.2, 0) is 13.1 Å². The van der Waals surface area contributed by atoms with Crippen molar-refractivity contribution in [1.29, 1.82) is 0 Å². The van der Waals surface area contributed by atoms with Gasteiger partial charge < -0.3 is 15.1 Å². The summed E-state index contributed by atoms with van der Waals surface area (Å²) in [6.07, 6.45) is 1.62. The lowest BCUT2D eigenvalue weighted by atomic mass is 10.1. The van der Waals surface area contributed by atoms with Crippen LogP contribution in [0.5, 0.6) is 0 Å². The van der Waals surface area contributed by atoms with Crippen molar-refractivity contribution in [2.75, 3.05) is 11.4 Å². The third-order valence-corrected chi connectivity index (χ3v) is 2.92. The van der Waals surface area contributed by atoms with Gasteiger partial charge in [-0.15, -0.1) is 0 Å². The molecule has 1 heterocycles. The van der Waals surface area contributed by atoms with Crippen LogP contribution < -0.4 is 10.6 Å². The van der Waals surface area contributed by atoms with Crippen LogP contribution >= 0.6 is 0 Å². The smallest absolute Gasteiger partial charge is 0.146 e. The Bertz CT molecular complexity index is 497. The highest BCUT2D eigenvalue weighted by Crippen LogP contribution is 2.25. The summed E-state index contributed by atoms with van der Waals surface area (Å²) in [7, 11) is 0. The molecule has 0 radical (unpaired) electrons.